The summed E-state index contributed by atoms with van der Waals surface area (Å²) in [5.41, 5.74) is 1.89. The van der Waals surface area contributed by atoms with Crippen molar-refractivity contribution in [1.82, 2.24) is 5.01 Å². The topological polar surface area (TPSA) is 46.3 Å². The second-order valence-electron chi connectivity index (χ2n) is 3.85. The molecular weight excluding hydrogens is 188 g/mol. The Kier molecular flexibility index (Phi) is 3.86. The van der Waals surface area contributed by atoms with E-state index in [0.29, 0.717) is 11.5 Å². The molecule has 2 N–H and O–H groups in total. The zero-order valence-corrected chi connectivity index (χ0v) is 9.53. The van der Waals surface area contributed by atoms with E-state index in [1.54, 1.807) is 7.05 Å². The Morgan fingerprint density at radius 1 is 1.40 bits per heavy atom. The maximum Gasteiger partial charge on any atom is 0.267 e. The van der Waals surface area contributed by atoms with Crippen LogP contribution in [-0.2, 0) is 0 Å². The van der Waals surface area contributed by atoms with Gasteiger partial charge in [0.25, 0.3) is 5.91 Å². The molecule has 3 heteroatoms. The van der Waals surface area contributed by atoms with Crippen LogP contribution in [0.15, 0.2) is 24.3 Å². The van der Waals surface area contributed by atoms with Crippen LogP contribution in [0.5, 0.6) is 0 Å². The van der Waals surface area contributed by atoms with Crippen molar-refractivity contribution in [3.63, 3.8) is 0 Å². The average molecular weight is 206 g/mol. The Labute approximate surface area is 90.9 Å². The predicted octanol–water partition coefficient (Wildman–Crippen LogP) is 2.15. The standard InChI is InChI=1S/C12H18N2O/c1-4-9(2)10-5-7-11(8-6-10)12(15)14(3)13/h5-9H,4,13H2,1-3H3. The van der Waals surface area contributed by atoms with Crippen LogP contribution in [0.1, 0.15) is 42.1 Å². The fourth-order valence-electron chi connectivity index (χ4n) is 1.39. The van der Waals surface area contributed by atoms with Crippen molar-refractivity contribution in [2.24, 2.45) is 5.84 Å². The molecule has 3 nitrogen and oxygen atoms in total. The molecule has 1 aromatic rings. The van der Waals surface area contributed by atoms with Crippen LogP contribution in [0.2, 0.25) is 0 Å². The summed E-state index contributed by atoms with van der Waals surface area (Å²) in [6.07, 6.45) is 1.10. The van der Waals surface area contributed by atoms with Crippen LogP contribution in [0.3, 0.4) is 0 Å². The third-order valence-corrected chi connectivity index (χ3v) is 2.66. The molecule has 0 aliphatic heterocycles. The number of nitrogens with zero attached hydrogens (tertiary/aromatic N) is 1. The first-order chi connectivity index (χ1) is 7.06. The first-order valence-corrected chi connectivity index (χ1v) is 5.19. The summed E-state index contributed by atoms with van der Waals surface area (Å²) in [6.45, 7) is 4.32. The first kappa shape index (κ1) is 11.7. The monoisotopic (exact) mass is 206 g/mol. The maximum absolute atomic E-state index is 11.5. The second-order valence-corrected chi connectivity index (χ2v) is 3.85. The van der Waals surface area contributed by atoms with Gasteiger partial charge in [-0.15, -0.1) is 0 Å². The number of rotatable bonds is 3. The fourth-order valence-corrected chi connectivity index (χ4v) is 1.39. The summed E-state index contributed by atoms with van der Waals surface area (Å²) >= 11 is 0. The number of hydrazine groups is 1. The molecule has 82 valence electrons. The zero-order valence-electron chi connectivity index (χ0n) is 9.53. The molecular formula is C12H18N2O. The van der Waals surface area contributed by atoms with Gasteiger partial charge in [0, 0.05) is 12.6 Å². The molecule has 1 amide bonds. The minimum absolute atomic E-state index is 0.161. The molecule has 15 heavy (non-hydrogen) atoms. The lowest BCUT2D eigenvalue weighted by atomic mass is 9.97. The Bertz CT molecular complexity index is 330. The molecule has 0 saturated heterocycles. The van der Waals surface area contributed by atoms with Crippen molar-refractivity contribution < 1.29 is 4.79 Å². The summed E-state index contributed by atoms with van der Waals surface area (Å²) in [7, 11) is 1.55. The van der Waals surface area contributed by atoms with Gasteiger partial charge >= 0.3 is 0 Å². The van der Waals surface area contributed by atoms with E-state index >= 15 is 0 Å². The van der Waals surface area contributed by atoms with Gasteiger partial charge < -0.3 is 0 Å². The van der Waals surface area contributed by atoms with Crippen molar-refractivity contribution in [2.45, 2.75) is 26.2 Å². The molecule has 0 aliphatic carbocycles. The predicted molar refractivity (Wildman–Crippen MR) is 61.4 cm³/mol. The average Bonchev–Trinajstić information content (AvgIpc) is 2.27. The lowest BCUT2D eigenvalue weighted by Crippen LogP contribution is -2.33. The van der Waals surface area contributed by atoms with Gasteiger partial charge in [0.05, 0.1) is 0 Å². The minimum atomic E-state index is -0.161. The molecule has 1 rings (SSSR count). The van der Waals surface area contributed by atoms with Crippen LogP contribution in [-0.4, -0.2) is 18.0 Å². The van der Waals surface area contributed by atoms with Gasteiger partial charge in [0.1, 0.15) is 0 Å². The molecule has 0 aromatic heterocycles. The van der Waals surface area contributed by atoms with Crippen LogP contribution >= 0.6 is 0 Å². The fraction of sp³-hybridized carbons (Fsp3) is 0.417. The van der Waals surface area contributed by atoms with Crippen molar-refractivity contribution in [2.75, 3.05) is 7.05 Å². The van der Waals surface area contributed by atoms with E-state index in [4.69, 9.17) is 5.84 Å². The number of benzene rings is 1. The van der Waals surface area contributed by atoms with Gasteiger partial charge in [-0.2, -0.15) is 0 Å². The molecule has 1 aromatic carbocycles. The van der Waals surface area contributed by atoms with E-state index in [2.05, 4.69) is 13.8 Å². The SMILES string of the molecule is CCC(C)c1ccc(C(=O)N(C)N)cc1. The summed E-state index contributed by atoms with van der Waals surface area (Å²) in [5, 5.41) is 1.10. The van der Waals surface area contributed by atoms with Crippen LogP contribution in [0, 0.1) is 0 Å². The number of amides is 1. The Balaban J connectivity index is 2.85. The number of hydrogen-bond donors (Lipinski definition) is 1. The normalized spacial score (nSPS) is 12.3. The Morgan fingerprint density at radius 3 is 2.33 bits per heavy atom. The van der Waals surface area contributed by atoms with E-state index in [1.807, 2.05) is 24.3 Å². The summed E-state index contributed by atoms with van der Waals surface area (Å²) in [6, 6.07) is 7.64. The number of hydrogen-bond acceptors (Lipinski definition) is 2. The third-order valence-electron chi connectivity index (χ3n) is 2.66. The Hall–Kier alpha value is -1.35. The summed E-state index contributed by atoms with van der Waals surface area (Å²) < 4.78 is 0. The Morgan fingerprint density at radius 2 is 1.93 bits per heavy atom. The van der Waals surface area contributed by atoms with Crippen LogP contribution < -0.4 is 5.84 Å². The smallest absolute Gasteiger partial charge is 0.267 e. The molecule has 1 atom stereocenters. The highest BCUT2D eigenvalue weighted by Crippen LogP contribution is 2.18. The molecule has 0 saturated carbocycles. The highest BCUT2D eigenvalue weighted by atomic mass is 16.2. The van der Waals surface area contributed by atoms with Gasteiger partial charge in [-0.1, -0.05) is 26.0 Å². The van der Waals surface area contributed by atoms with E-state index in [1.165, 1.54) is 5.56 Å². The second kappa shape index (κ2) is 4.94. The number of nitrogens with two attached hydrogens (primary N) is 1. The molecule has 0 fully saturated rings. The largest absolute Gasteiger partial charge is 0.280 e. The molecule has 0 spiro atoms. The van der Waals surface area contributed by atoms with E-state index in [0.717, 1.165) is 11.4 Å². The maximum atomic E-state index is 11.5. The highest BCUT2D eigenvalue weighted by molar-refractivity contribution is 5.93. The molecule has 0 aliphatic rings. The van der Waals surface area contributed by atoms with Crippen molar-refractivity contribution in [3.05, 3.63) is 35.4 Å². The molecule has 0 radical (unpaired) electrons. The van der Waals surface area contributed by atoms with E-state index in [-0.39, 0.29) is 5.91 Å². The number of carbonyl (C=O) groups excluding carboxylic acids is 1. The molecule has 1 unspecified atom stereocenters. The first-order valence-electron chi connectivity index (χ1n) is 5.19. The van der Waals surface area contributed by atoms with Crippen LogP contribution in [0.4, 0.5) is 0 Å². The van der Waals surface area contributed by atoms with Gasteiger partial charge in [0.2, 0.25) is 0 Å². The summed E-state index contributed by atoms with van der Waals surface area (Å²) in [5.74, 6) is 5.75. The van der Waals surface area contributed by atoms with Crippen molar-refractivity contribution >= 4 is 5.91 Å². The lowest BCUT2D eigenvalue weighted by molar-refractivity contribution is 0.0795. The third kappa shape index (κ3) is 2.80. The lowest BCUT2D eigenvalue weighted by Gasteiger charge is -2.12. The van der Waals surface area contributed by atoms with E-state index in [9.17, 15) is 4.79 Å². The summed E-state index contributed by atoms with van der Waals surface area (Å²) in [4.78, 5) is 11.5. The van der Waals surface area contributed by atoms with Crippen molar-refractivity contribution in [3.8, 4) is 0 Å². The van der Waals surface area contributed by atoms with E-state index < -0.39 is 0 Å². The number of carbonyl (C=O) groups is 1. The molecule has 0 heterocycles. The van der Waals surface area contributed by atoms with Gasteiger partial charge in [-0.25, -0.2) is 5.84 Å². The quantitative estimate of drug-likeness (QED) is 0.468. The van der Waals surface area contributed by atoms with Gasteiger partial charge in [-0.05, 0) is 30.0 Å². The van der Waals surface area contributed by atoms with Gasteiger partial charge in [0.15, 0.2) is 0 Å². The highest BCUT2D eigenvalue weighted by Gasteiger charge is 2.09. The van der Waals surface area contributed by atoms with Crippen LogP contribution in [0.25, 0.3) is 0 Å². The molecule has 0 bridgehead atoms. The zero-order chi connectivity index (χ0) is 11.4. The van der Waals surface area contributed by atoms with Crippen molar-refractivity contribution in [1.29, 1.82) is 0 Å². The minimum Gasteiger partial charge on any atom is -0.280 e. The van der Waals surface area contributed by atoms with Gasteiger partial charge in [-0.3, -0.25) is 9.80 Å².